The van der Waals surface area contributed by atoms with Crippen LogP contribution in [0.5, 0.6) is 5.75 Å². The van der Waals surface area contributed by atoms with Crippen LogP contribution in [0.3, 0.4) is 0 Å². The molecule has 0 radical (unpaired) electrons. The number of benzene rings is 1. The second kappa shape index (κ2) is 17.1. The summed E-state index contributed by atoms with van der Waals surface area (Å²) in [7, 11) is -3.65. The molecule has 232 valence electrons. The van der Waals surface area contributed by atoms with E-state index in [1.807, 2.05) is 19.1 Å². The summed E-state index contributed by atoms with van der Waals surface area (Å²) in [6.07, 6.45) is 12.1. The van der Waals surface area contributed by atoms with Crippen LogP contribution in [0.4, 0.5) is 0 Å². The van der Waals surface area contributed by atoms with Crippen molar-refractivity contribution in [3.63, 3.8) is 0 Å². The molecular formula is C34H50O7Si. The molecule has 0 heterocycles. The molecule has 42 heavy (non-hydrogen) atoms. The maximum absolute atomic E-state index is 11.8. The van der Waals surface area contributed by atoms with E-state index in [0.29, 0.717) is 35.7 Å². The van der Waals surface area contributed by atoms with E-state index in [-0.39, 0.29) is 23.5 Å². The van der Waals surface area contributed by atoms with Crippen molar-refractivity contribution < 1.29 is 32.4 Å². The number of rotatable bonds is 17. The largest absolute Gasteiger partial charge is 0.698 e. The third-order valence-corrected chi connectivity index (χ3v) is 10.1. The van der Waals surface area contributed by atoms with Crippen molar-refractivity contribution in [2.45, 2.75) is 118 Å². The lowest BCUT2D eigenvalue weighted by atomic mass is 9.77. The summed E-state index contributed by atoms with van der Waals surface area (Å²) < 4.78 is 25.0. The number of allylic oxidation sites excluding steroid dienone is 6. The van der Waals surface area contributed by atoms with Crippen LogP contribution in [0.15, 0.2) is 59.8 Å². The maximum atomic E-state index is 11.8. The Balaban J connectivity index is 2.19. The first-order valence-electron chi connectivity index (χ1n) is 15.2. The Kier molecular flexibility index (Phi) is 14.3. The van der Waals surface area contributed by atoms with Crippen molar-refractivity contribution in [2.75, 3.05) is 0 Å². The van der Waals surface area contributed by atoms with Crippen LogP contribution in [0.2, 0.25) is 6.04 Å². The summed E-state index contributed by atoms with van der Waals surface area (Å²) >= 11 is 0. The third kappa shape index (κ3) is 12.8. The first-order valence-corrected chi connectivity index (χ1v) is 17.1. The zero-order valence-corrected chi connectivity index (χ0v) is 27.8. The molecule has 1 atom stereocenters. The molecule has 1 aliphatic carbocycles. The highest BCUT2D eigenvalue weighted by Gasteiger charge is 2.49. The van der Waals surface area contributed by atoms with Crippen molar-refractivity contribution in [1.82, 2.24) is 0 Å². The Morgan fingerprint density at radius 3 is 1.64 bits per heavy atom. The van der Waals surface area contributed by atoms with Crippen LogP contribution in [-0.4, -0.2) is 32.3 Å². The van der Waals surface area contributed by atoms with Gasteiger partial charge in [-0.1, -0.05) is 31.9 Å². The summed E-state index contributed by atoms with van der Waals surface area (Å²) in [6.45, 7) is 13.5. The highest BCUT2D eigenvalue weighted by atomic mass is 28.4. The molecule has 1 fully saturated rings. The predicted octanol–water partition coefficient (Wildman–Crippen LogP) is 8.39. The van der Waals surface area contributed by atoms with Crippen LogP contribution >= 0.6 is 0 Å². The standard InChI is InChI=1S/C34H50O7Si/c1-9-10-31-11-13-32(14-12-31)33-15-17-34(18-16-33)38-27(5)19-20-42(39-28(6)21-24(2)35,40-29(7)22-25(3)36)41-30(8)23-26(4)37/h15-18,21-23,27,31-32H,9-14,19-20H2,1-8H3/t27?,31-,32-,42?. The minimum Gasteiger partial charge on any atom is -0.491 e. The van der Waals surface area contributed by atoms with Crippen molar-refractivity contribution in [1.29, 1.82) is 0 Å². The van der Waals surface area contributed by atoms with Gasteiger partial charge in [-0.3, -0.25) is 14.4 Å². The second-order valence-corrected chi connectivity index (χ2v) is 14.1. The van der Waals surface area contributed by atoms with Gasteiger partial charge in [-0.05, 0) is 110 Å². The molecule has 1 aromatic rings. The highest BCUT2D eigenvalue weighted by Crippen LogP contribution is 2.38. The zero-order chi connectivity index (χ0) is 31.3. The number of ether oxygens (including phenoxy) is 1. The lowest BCUT2D eigenvalue weighted by Gasteiger charge is -2.32. The number of hydrogen-bond acceptors (Lipinski definition) is 7. The van der Waals surface area contributed by atoms with E-state index in [1.54, 1.807) is 20.8 Å². The minimum absolute atomic E-state index is 0.184. The molecule has 1 aliphatic rings. The van der Waals surface area contributed by atoms with Gasteiger partial charge in [0.15, 0.2) is 17.3 Å². The smallest absolute Gasteiger partial charge is 0.491 e. The fraction of sp³-hybridized carbons (Fsp3) is 0.559. The van der Waals surface area contributed by atoms with Gasteiger partial charge in [0.25, 0.3) is 0 Å². The van der Waals surface area contributed by atoms with Gasteiger partial charge in [0.2, 0.25) is 0 Å². The monoisotopic (exact) mass is 598 g/mol. The van der Waals surface area contributed by atoms with E-state index >= 15 is 0 Å². The number of carbonyl (C=O) groups excluding carboxylic acids is 3. The van der Waals surface area contributed by atoms with E-state index in [2.05, 4.69) is 19.1 Å². The van der Waals surface area contributed by atoms with Crippen LogP contribution < -0.4 is 4.74 Å². The molecule has 2 rings (SSSR count). The maximum Gasteiger partial charge on any atom is 0.698 e. The number of ketones is 3. The highest BCUT2D eigenvalue weighted by molar-refractivity contribution is 6.61. The molecule has 0 bridgehead atoms. The molecule has 1 saturated carbocycles. The van der Waals surface area contributed by atoms with Gasteiger partial charge in [-0.25, -0.2) is 0 Å². The van der Waals surface area contributed by atoms with Crippen LogP contribution in [-0.2, 0) is 27.7 Å². The van der Waals surface area contributed by atoms with Crippen LogP contribution in [0.25, 0.3) is 0 Å². The number of carbonyl (C=O) groups is 3. The average Bonchev–Trinajstić information content (AvgIpc) is 2.87. The summed E-state index contributed by atoms with van der Waals surface area (Å²) in [5, 5.41) is 0. The second-order valence-electron chi connectivity index (χ2n) is 11.6. The van der Waals surface area contributed by atoms with Gasteiger partial charge in [-0.2, -0.15) is 0 Å². The lowest BCUT2D eigenvalue weighted by Crippen LogP contribution is -2.45. The van der Waals surface area contributed by atoms with Crippen LogP contribution in [0, 0.1) is 5.92 Å². The molecule has 1 aromatic carbocycles. The molecule has 0 amide bonds. The van der Waals surface area contributed by atoms with E-state index < -0.39 is 8.80 Å². The molecule has 8 heteroatoms. The van der Waals surface area contributed by atoms with Gasteiger partial charge in [0.05, 0.1) is 29.4 Å². The van der Waals surface area contributed by atoms with E-state index in [4.69, 9.17) is 18.0 Å². The topological polar surface area (TPSA) is 88.1 Å². The van der Waals surface area contributed by atoms with Gasteiger partial charge >= 0.3 is 8.80 Å². The Bertz CT molecular complexity index is 1060. The van der Waals surface area contributed by atoms with Gasteiger partial charge in [0, 0.05) is 18.2 Å². The normalized spacial score (nSPS) is 20.2. The molecular weight excluding hydrogens is 548 g/mol. The fourth-order valence-electron chi connectivity index (χ4n) is 5.58. The van der Waals surface area contributed by atoms with Crippen molar-refractivity contribution in [3.05, 3.63) is 65.3 Å². The fourth-order valence-corrected chi connectivity index (χ4v) is 8.42. The molecule has 1 unspecified atom stereocenters. The number of hydrogen-bond donors (Lipinski definition) is 0. The Morgan fingerprint density at radius 1 is 0.786 bits per heavy atom. The summed E-state index contributed by atoms with van der Waals surface area (Å²) in [5.41, 5.74) is 1.37. The first-order chi connectivity index (χ1) is 19.8. The van der Waals surface area contributed by atoms with Gasteiger partial charge in [-0.15, -0.1) is 0 Å². The Hall–Kier alpha value is -3.13. The lowest BCUT2D eigenvalue weighted by molar-refractivity contribution is -0.113. The van der Waals surface area contributed by atoms with Crippen molar-refractivity contribution in [2.24, 2.45) is 5.92 Å². The van der Waals surface area contributed by atoms with Crippen LogP contribution in [0.1, 0.15) is 112 Å². The SMILES string of the molecule is CCC[C@H]1CC[C@H](c2ccc(OC(C)CC[Si](OC(C)=CC(C)=O)(OC(C)=CC(C)=O)OC(C)=CC(C)=O)cc2)CC1. The first kappa shape index (κ1) is 35.1. The average molecular weight is 599 g/mol. The summed E-state index contributed by atoms with van der Waals surface area (Å²) in [4.78, 5) is 35.3. The predicted molar refractivity (Wildman–Crippen MR) is 168 cm³/mol. The molecule has 0 N–H and O–H groups in total. The van der Waals surface area contributed by atoms with E-state index in [1.165, 1.54) is 83.1 Å². The van der Waals surface area contributed by atoms with Crippen molar-refractivity contribution in [3.8, 4) is 5.75 Å². The molecule has 0 saturated heterocycles. The van der Waals surface area contributed by atoms with Crippen molar-refractivity contribution >= 4 is 26.2 Å². The quantitative estimate of drug-likeness (QED) is 0.101. The molecule has 7 nitrogen and oxygen atoms in total. The van der Waals surface area contributed by atoms with Gasteiger partial charge in [0.1, 0.15) is 5.75 Å². The summed E-state index contributed by atoms with van der Waals surface area (Å²) in [5.74, 6) is 2.72. The van der Waals surface area contributed by atoms with E-state index in [9.17, 15) is 14.4 Å². The summed E-state index contributed by atoms with van der Waals surface area (Å²) in [6, 6.07) is 8.75. The zero-order valence-electron chi connectivity index (χ0n) is 26.8. The molecule has 0 spiro atoms. The minimum atomic E-state index is -3.65. The third-order valence-electron chi connectivity index (χ3n) is 7.26. The van der Waals surface area contributed by atoms with E-state index in [0.717, 1.165) is 11.7 Å². The Morgan fingerprint density at radius 2 is 1.24 bits per heavy atom. The molecule has 0 aliphatic heterocycles. The van der Waals surface area contributed by atoms with Gasteiger partial charge < -0.3 is 18.0 Å². The Labute approximate surface area is 253 Å². The molecule has 0 aromatic heterocycles.